The van der Waals surface area contributed by atoms with Crippen LogP contribution >= 0.6 is 0 Å². The van der Waals surface area contributed by atoms with Gasteiger partial charge in [0.2, 0.25) is 0 Å². The van der Waals surface area contributed by atoms with Crippen LogP contribution in [0.5, 0.6) is 0 Å². The van der Waals surface area contributed by atoms with Gasteiger partial charge >= 0.3 is 21.7 Å². The molecule has 118 valence electrons. The second-order valence-electron chi connectivity index (χ2n) is 4.00. The number of aryl methyl sites for hydroxylation is 3. The van der Waals surface area contributed by atoms with Crippen molar-refractivity contribution in [1.82, 2.24) is 4.98 Å². The number of aromatic nitrogens is 1. The summed E-state index contributed by atoms with van der Waals surface area (Å²) < 4.78 is 0. The normalized spacial score (nSPS) is 7.95. The van der Waals surface area contributed by atoms with Crippen molar-refractivity contribution in [3.63, 3.8) is 0 Å². The van der Waals surface area contributed by atoms with E-state index >= 15 is 0 Å². The zero-order chi connectivity index (χ0) is 15.8. The van der Waals surface area contributed by atoms with E-state index in [1.807, 2.05) is 19.9 Å². The topological polar surface area (TPSA) is 56.2 Å². The summed E-state index contributed by atoms with van der Waals surface area (Å²) in [6.45, 7) is 10.0. The molecule has 0 spiro atoms. The third-order valence-electron chi connectivity index (χ3n) is 2.03. The van der Waals surface area contributed by atoms with E-state index in [1.165, 1.54) is 11.3 Å². The van der Waals surface area contributed by atoms with Crippen molar-refractivity contribution in [2.45, 2.75) is 41.0 Å². The molecule has 0 radical (unpaired) electrons. The molecule has 0 unspecified atom stereocenters. The minimum absolute atomic E-state index is 0. The Morgan fingerprint density at radius 1 is 1.05 bits per heavy atom. The van der Waals surface area contributed by atoms with Gasteiger partial charge in [0.05, 0.1) is 0 Å². The minimum atomic E-state index is 0. The molecule has 0 aliphatic heterocycles. The van der Waals surface area contributed by atoms with Crippen LogP contribution in [-0.4, -0.2) is 28.4 Å². The number of hydrogen-bond donors (Lipinski definition) is 3. The summed E-state index contributed by atoms with van der Waals surface area (Å²) in [6, 6.07) is 13.4. The van der Waals surface area contributed by atoms with E-state index in [2.05, 4.69) is 42.2 Å². The standard InChI is InChI=1S/C7H9.C6H8N.2C2H6O.Ti/c1-2-7-5-3-4-6-7;1-5-3-4-6(2)7-5;2*1-2-3;/h3-6H,2H2,1H3;3,7H,1-2H3;2*3H,2H2,1H3;/q2*-1;;;+2. The van der Waals surface area contributed by atoms with E-state index in [9.17, 15) is 0 Å². The second-order valence-corrected chi connectivity index (χ2v) is 4.00. The number of hydrogen-bond acceptors (Lipinski definition) is 2. The molecule has 3 nitrogen and oxygen atoms in total. The Morgan fingerprint density at radius 3 is 1.62 bits per heavy atom. The molecule has 0 atom stereocenters. The van der Waals surface area contributed by atoms with Crippen LogP contribution in [0.1, 0.15) is 37.7 Å². The van der Waals surface area contributed by atoms with Crippen molar-refractivity contribution in [3.8, 4) is 0 Å². The summed E-state index contributed by atoms with van der Waals surface area (Å²) in [5.74, 6) is 0. The van der Waals surface area contributed by atoms with E-state index in [4.69, 9.17) is 10.2 Å². The van der Waals surface area contributed by atoms with E-state index < -0.39 is 0 Å². The Hall–Kier alpha value is -0.736. The maximum Gasteiger partial charge on any atom is 2.00 e. The Bertz CT molecular complexity index is 365. The summed E-state index contributed by atoms with van der Waals surface area (Å²) in [5, 5.41) is 15.1. The van der Waals surface area contributed by atoms with Crippen molar-refractivity contribution in [3.05, 3.63) is 53.3 Å². The molecule has 2 aromatic rings. The first-order valence-electron chi connectivity index (χ1n) is 7.01. The molecule has 4 heteroatoms. The van der Waals surface area contributed by atoms with Crippen LogP contribution in [0, 0.1) is 19.9 Å². The third kappa shape index (κ3) is 19.3. The minimum Gasteiger partial charge on any atom is -0.456 e. The smallest absolute Gasteiger partial charge is 0.456 e. The average molecular weight is 327 g/mol. The van der Waals surface area contributed by atoms with E-state index in [1.54, 1.807) is 13.8 Å². The van der Waals surface area contributed by atoms with E-state index in [0.29, 0.717) is 0 Å². The summed E-state index contributed by atoms with van der Waals surface area (Å²) in [7, 11) is 0. The molecule has 0 saturated carbocycles. The molecule has 3 N–H and O–H groups in total. The first kappa shape index (κ1) is 25.2. The van der Waals surface area contributed by atoms with Crippen LogP contribution in [0.25, 0.3) is 0 Å². The van der Waals surface area contributed by atoms with Gasteiger partial charge in [0.15, 0.2) is 0 Å². The van der Waals surface area contributed by atoms with Crippen LogP contribution in [0.2, 0.25) is 0 Å². The van der Waals surface area contributed by atoms with E-state index in [0.717, 1.165) is 12.1 Å². The largest absolute Gasteiger partial charge is 2.00 e. The van der Waals surface area contributed by atoms with Crippen molar-refractivity contribution in [1.29, 1.82) is 0 Å². The first-order valence-corrected chi connectivity index (χ1v) is 7.01. The van der Waals surface area contributed by atoms with Crippen LogP contribution in [0.3, 0.4) is 0 Å². The number of aliphatic hydroxyl groups excluding tert-OH is 2. The van der Waals surface area contributed by atoms with Crippen molar-refractivity contribution in [2.75, 3.05) is 13.2 Å². The molecular weight excluding hydrogens is 298 g/mol. The Labute approximate surface area is 144 Å². The van der Waals surface area contributed by atoms with Crippen molar-refractivity contribution in [2.24, 2.45) is 0 Å². The third-order valence-corrected chi connectivity index (χ3v) is 2.03. The van der Waals surface area contributed by atoms with Gasteiger partial charge in [0, 0.05) is 13.2 Å². The first-order chi connectivity index (χ1) is 9.55. The van der Waals surface area contributed by atoms with Crippen LogP contribution in [-0.2, 0) is 28.1 Å². The number of aromatic amines is 1. The van der Waals surface area contributed by atoms with Gasteiger partial charge in [-0.2, -0.15) is 17.7 Å². The fourth-order valence-electron chi connectivity index (χ4n) is 1.23. The number of rotatable bonds is 1. The Balaban J connectivity index is -0.000000220. The molecule has 0 fully saturated rings. The number of aliphatic hydroxyl groups is 2. The monoisotopic (exact) mass is 327 g/mol. The molecule has 2 rings (SSSR count). The fraction of sp³-hybridized carbons (Fsp3) is 0.471. The SMILES string of the molecule is CCO.CCO.CC[c-]1cccc1.Cc1[c-]cc(C)[nH]1.[Ti+2]. The molecular formula is C17H29NO2Ti. The molecule has 1 aromatic carbocycles. The molecule has 0 bridgehead atoms. The molecule has 21 heavy (non-hydrogen) atoms. The van der Waals surface area contributed by atoms with Gasteiger partial charge in [-0.1, -0.05) is 26.0 Å². The van der Waals surface area contributed by atoms with Gasteiger partial charge in [-0.05, 0) is 20.8 Å². The Kier molecular flexibility index (Phi) is 23.1. The summed E-state index contributed by atoms with van der Waals surface area (Å²) in [5.41, 5.74) is 3.72. The fourth-order valence-corrected chi connectivity index (χ4v) is 1.23. The van der Waals surface area contributed by atoms with Crippen LogP contribution < -0.4 is 0 Å². The van der Waals surface area contributed by atoms with Crippen LogP contribution in [0.4, 0.5) is 0 Å². The summed E-state index contributed by atoms with van der Waals surface area (Å²) in [4.78, 5) is 3.08. The molecule has 1 heterocycles. The van der Waals surface area contributed by atoms with Crippen LogP contribution in [0.15, 0.2) is 30.3 Å². The van der Waals surface area contributed by atoms with Gasteiger partial charge in [-0.15, -0.1) is 5.69 Å². The van der Waals surface area contributed by atoms with Gasteiger partial charge < -0.3 is 15.2 Å². The quantitative estimate of drug-likeness (QED) is 0.555. The molecule has 0 aliphatic rings. The zero-order valence-electron chi connectivity index (χ0n) is 13.9. The Morgan fingerprint density at radius 2 is 1.48 bits per heavy atom. The van der Waals surface area contributed by atoms with Crippen molar-refractivity contribution >= 4 is 0 Å². The zero-order valence-corrected chi connectivity index (χ0v) is 15.5. The van der Waals surface area contributed by atoms with Gasteiger partial charge in [0.25, 0.3) is 0 Å². The summed E-state index contributed by atoms with van der Waals surface area (Å²) in [6.07, 6.45) is 1.16. The van der Waals surface area contributed by atoms with E-state index in [-0.39, 0.29) is 34.9 Å². The summed E-state index contributed by atoms with van der Waals surface area (Å²) >= 11 is 0. The van der Waals surface area contributed by atoms with Crippen molar-refractivity contribution < 1.29 is 31.9 Å². The second kappa shape index (κ2) is 19.3. The molecule has 0 aliphatic carbocycles. The maximum absolute atomic E-state index is 7.57. The predicted octanol–water partition coefficient (Wildman–Crippen LogP) is 3.39. The molecule has 0 amide bonds. The van der Waals surface area contributed by atoms with Gasteiger partial charge in [0.1, 0.15) is 0 Å². The van der Waals surface area contributed by atoms with Gasteiger partial charge in [-0.3, -0.25) is 0 Å². The number of H-pyrrole nitrogens is 1. The molecule has 1 aromatic heterocycles. The average Bonchev–Trinajstić information content (AvgIpc) is 3.03. The number of nitrogens with one attached hydrogen (secondary N) is 1. The van der Waals surface area contributed by atoms with Gasteiger partial charge in [-0.25, -0.2) is 24.3 Å². The maximum atomic E-state index is 7.57. The molecule has 0 saturated heterocycles. The predicted molar refractivity (Wildman–Crippen MR) is 86.0 cm³/mol.